The summed E-state index contributed by atoms with van der Waals surface area (Å²) in [7, 11) is -3.14. The Labute approximate surface area is 98.6 Å². The van der Waals surface area contributed by atoms with Crippen molar-refractivity contribution < 1.29 is 8.42 Å². The molecule has 0 heterocycles. The second-order valence-electron chi connectivity index (χ2n) is 4.61. The first-order chi connectivity index (χ1) is 6.74. The lowest BCUT2D eigenvalue weighted by molar-refractivity contribution is 0.545. The maximum absolute atomic E-state index is 11.5. The first-order valence-corrected chi connectivity index (χ1v) is 7.45. The van der Waals surface area contributed by atoms with Gasteiger partial charge in [0.25, 0.3) is 0 Å². The van der Waals surface area contributed by atoms with E-state index in [1.807, 2.05) is 27.7 Å². The Hall–Kier alpha value is 0.200. The van der Waals surface area contributed by atoms with E-state index in [2.05, 4.69) is 4.72 Å². The van der Waals surface area contributed by atoms with Crippen LogP contribution < -0.4 is 4.72 Å². The fourth-order valence-electron chi connectivity index (χ4n) is 0.905. The number of nitrogens with one attached hydrogen (secondary N) is 1. The lowest BCUT2D eigenvalue weighted by atomic mass is 10.1. The highest BCUT2D eigenvalue weighted by Crippen LogP contribution is 2.08. The zero-order valence-corrected chi connectivity index (χ0v) is 11.5. The van der Waals surface area contributed by atoms with E-state index >= 15 is 0 Å². The van der Waals surface area contributed by atoms with Gasteiger partial charge in [-0.3, -0.25) is 0 Å². The summed E-state index contributed by atoms with van der Waals surface area (Å²) in [4.78, 5) is 0. The highest BCUT2D eigenvalue weighted by molar-refractivity contribution is 7.89. The zero-order valence-electron chi connectivity index (χ0n) is 9.96. The van der Waals surface area contributed by atoms with E-state index in [0.29, 0.717) is 18.9 Å². The van der Waals surface area contributed by atoms with Crippen LogP contribution in [0.2, 0.25) is 0 Å². The van der Waals surface area contributed by atoms with Crippen molar-refractivity contribution in [1.29, 1.82) is 0 Å². The van der Waals surface area contributed by atoms with Gasteiger partial charge in [-0.2, -0.15) is 0 Å². The first-order valence-electron chi connectivity index (χ1n) is 5.36. The van der Waals surface area contributed by atoms with Gasteiger partial charge in [-0.15, -0.1) is 11.6 Å². The summed E-state index contributed by atoms with van der Waals surface area (Å²) in [6.07, 6.45) is 0.684. The second-order valence-corrected chi connectivity index (χ2v) is 7.10. The average Bonchev–Trinajstić information content (AvgIpc) is 2.11. The van der Waals surface area contributed by atoms with Gasteiger partial charge in [0.05, 0.1) is 5.75 Å². The molecule has 1 N–H and O–H groups in total. The summed E-state index contributed by atoms with van der Waals surface area (Å²) in [6.45, 7) is 8.28. The van der Waals surface area contributed by atoms with Crippen molar-refractivity contribution in [1.82, 2.24) is 4.72 Å². The van der Waals surface area contributed by atoms with Gasteiger partial charge >= 0.3 is 0 Å². The van der Waals surface area contributed by atoms with Gasteiger partial charge < -0.3 is 0 Å². The van der Waals surface area contributed by atoms with Crippen LogP contribution in [0.3, 0.4) is 0 Å². The molecule has 0 aromatic heterocycles. The number of alkyl halides is 1. The van der Waals surface area contributed by atoms with Crippen LogP contribution in [-0.4, -0.2) is 26.1 Å². The fraction of sp³-hybridized carbons (Fsp3) is 1.00. The SMILES string of the molecule is CC(C)CCS(=O)(=O)NCC(Cl)C(C)C. The van der Waals surface area contributed by atoms with Crippen LogP contribution in [0.15, 0.2) is 0 Å². The Morgan fingerprint density at radius 2 is 1.73 bits per heavy atom. The zero-order chi connectivity index (χ0) is 12.1. The molecule has 0 rings (SSSR count). The van der Waals surface area contributed by atoms with Gasteiger partial charge in [0.15, 0.2) is 0 Å². The molecule has 92 valence electrons. The van der Waals surface area contributed by atoms with Crippen molar-refractivity contribution in [2.24, 2.45) is 11.8 Å². The van der Waals surface area contributed by atoms with Crippen LogP contribution in [-0.2, 0) is 10.0 Å². The third-order valence-corrected chi connectivity index (χ3v) is 4.22. The molecule has 0 aliphatic carbocycles. The average molecular weight is 256 g/mol. The summed E-state index contributed by atoms with van der Waals surface area (Å²) in [6, 6.07) is 0. The number of hydrogen-bond acceptors (Lipinski definition) is 2. The largest absolute Gasteiger partial charge is 0.214 e. The molecule has 0 bridgehead atoms. The van der Waals surface area contributed by atoms with Crippen molar-refractivity contribution in [2.45, 2.75) is 39.5 Å². The summed E-state index contributed by atoms with van der Waals surface area (Å²) < 4.78 is 25.5. The molecule has 5 heteroatoms. The first kappa shape index (κ1) is 15.2. The van der Waals surface area contributed by atoms with E-state index in [1.54, 1.807) is 0 Å². The van der Waals surface area contributed by atoms with Crippen LogP contribution in [0.1, 0.15) is 34.1 Å². The normalized spacial score (nSPS) is 14.9. The predicted molar refractivity (Wildman–Crippen MR) is 65.7 cm³/mol. The maximum Gasteiger partial charge on any atom is 0.211 e. The molecule has 0 aromatic rings. The third kappa shape index (κ3) is 8.05. The monoisotopic (exact) mass is 255 g/mol. The van der Waals surface area contributed by atoms with Gasteiger partial charge in [-0.1, -0.05) is 27.7 Å². The summed E-state index contributed by atoms with van der Waals surface area (Å²) in [5.74, 6) is 0.866. The van der Waals surface area contributed by atoms with Gasteiger partial charge in [-0.05, 0) is 18.3 Å². The minimum atomic E-state index is -3.14. The molecule has 0 radical (unpaired) electrons. The van der Waals surface area contributed by atoms with Crippen LogP contribution >= 0.6 is 11.6 Å². The van der Waals surface area contributed by atoms with Crippen molar-refractivity contribution in [3.8, 4) is 0 Å². The predicted octanol–water partition coefficient (Wildman–Crippen LogP) is 2.22. The van der Waals surface area contributed by atoms with Gasteiger partial charge in [0.2, 0.25) is 10.0 Å². The number of halogens is 1. The summed E-state index contributed by atoms with van der Waals surface area (Å²) in [5, 5.41) is -0.140. The molecule has 0 aromatic carbocycles. The Morgan fingerprint density at radius 1 is 1.20 bits per heavy atom. The molecule has 0 aliphatic heterocycles. The van der Waals surface area contributed by atoms with E-state index in [4.69, 9.17) is 11.6 Å². The van der Waals surface area contributed by atoms with Crippen molar-refractivity contribution >= 4 is 21.6 Å². The van der Waals surface area contributed by atoms with E-state index in [9.17, 15) is 8.42 Å². The summed E-state index contributed by atoms with van der Waals surface area (Å²) >= 11 is 5.96. The molecule has 0 spiro atoms. The van der Waals surface area contributed by atoms with Crippen molar-refractivity contribution in [2.75, 3.05) is 12.3 Å². The minimum absolute atomic E-state index is 0.140. The molecule has 3 nitrogen and oxygen atoms in total. The molecular weight excluding hydrogens is 234 g/mol. The molecule has 0 amide bonds. The number of sulfonamides is 1. The van der Waals surface area contributed by atoms with Gasteiger partial charge in [0, 0.05) is 11.9 Å². The summed E-state index contributed by atoms with van der Waals surface area (Å²) in [5.41, 5.74) is 0. The molecule has 0 aliphatic rings. The Kier molecular flexibility index (Phi) is 6.80. The molecular formula is C10H22ClNO2S. The molecule has 15 heavy (non-hydrogen) atoms. The lowest BCUT2D eigenvalue weighted by Gasteiger charge is -2.14. The quantitative estimate of drug-likeness (QED) is 0.709. The highest BCUT2D eigenvalue weighted by atomic mass is 35.5. The van der Waals surface area contributed by atoms with E-state index in [-0.39, 0.29) is 17.0 Å². The minimum Gasteiger partial charge on any atom is -0.214 e. The van der Waals surface area contributed by atoms with Crippen LogP contribution in [0.25, 0.3) is 0 Å². The lowest BCUT2D eigenvalue weighted by Crippen LogP contribution is -2.33. The Bertz CT molecular complexity index is 263. The second kappa shape index (κ2) is 6.71. The third-order valence-electron chi connectivity index (χ3n) is 2.19. The van der Waals surface area contributed by atoms with Crippen LogP contribution in [0.5, 0.6) is 0 Å². The molecule has 0 saturated carbocycles. The molecule has 0 saturated heterocycles. The highest BCUT2D eigenvalue weighted by Gasteiger charge is 2.15. The Balaban J connectivity index is 3.94. The topological polar surface area (TPSA) is 46.2 Å². The van der Waals surface area contributed by atoms with Crippen LogP contribution in [0.4, 0.5) is 0 Å². The van der Waals surface area contributed by atoms with Crippen LogP contribution in [0, 0.1) is 11.8 Å². The maximum atomic E-state index is 11.5. The van der Waals surface area contributed by atoms with Gasteiger partial charge in [0.1, 0.15) is 0 Å². The number of hydrogen-bond donors (Lipinski definition) is 1. The smallest absolute Gasteiger partial charge is 0.211 e. The molecule has 1 atom stereocenters. The Morgan fingerprint density at radius 3 is 2.13 bits per heavy atom. The van der Waals surface area contributed by atoms with Crippen molar-refractivity contribution in [3.05, 3.63) is 0 Å². The fourth-order valence-corrected chi connectivity index (χ4v) is 2.43. The van der Waals surface area contributed by atoms with Gasteiger partial charge in [-0.25, -0.2) is 13.1 Å². The number of rotatable bonds is 7. The van der Waals surface area contributed by atoms with Crippen molar-refractivity contribution in [3.63, 3.8) is 0 Å². The van der Waals surface area contributed by atoms with E-state index < -0.39 is 10.0 Å². The molecule has 0 fully saturated rings. The standard InChI is InChI=1S/C10H22ClNO2S/c1-8(2)5-6-15(13,14)12-7-10(11)9(3)4/h8-10,12H,5-7H2,1-4H3. The van der Waals surface area contributed by atoms with E-state index in [0.717, 1.165) is 0 Å². The molecule has 1 unspecified atom stereocenters. The van der Waals surface area contributed by atoms with E-state index in [1.165, 1.54) is 0 Å².